The third-order valence-corrected chi connectivity index (χ3v) is 3.81. The topological polar surface area (TPSA) is 52.9 Å². The molecule has 0 fully saturated rings. The SMILES string of the molecule is CCN(CCO)C1C(O)c2ccccc2OC1(C)C. The molecule has 0 spiro atoms. The first-order valence-electron chi connectivity index (χ1n) is 6.82. The van der Waals surface area contributed by atoms with Crippen LogP contribution in [0.3, 0.4) is 0 Å². The summed E-state index contributed by atoms with van der Waals surface area (Å²) in [5.41, 5.74) is 0.321. The van der Waals surface area contributed by atoms with Gasteiger partial charge >= 0.3 is 0 Å². The van der Waals surface area contributed by atoms with Gasteiger partial charge in [-0.15, -0.1) is 0 Å². The van der Waals surface area contributed by atoms with Crippen molar-refractivity contribution in [2.45, 2.75) is 38.5 Å². The molecule has 4 nitrogen and oxygen atoms in total. The number of rotatable bonds is 4. The molecule has 2 atom stereocenters. The molecule has 0 bridgehead atoms. The summed E-state index contributed by atoms with van der Waals surface area (Å²) in [7, 11) is 0. The molecule has 2 rings (SSSR count). The molecule has 0 saturated carbocycles. The van der Waals surface area contributed by atoms with Gasteiger partial charge in [0.2, 0.25) is 0 Å². The van der Waals surface area contributed by atoms with Crippen molar-refractivity contribution in [1.82, 2.24) is 4.90 Å². The monoisotopic (exact) mass is 265 g/mol. The van der Waals surface area contributed by atoms with Crippen LogP contribution in [0, 0.1) is 0 Å². The lowest BCUT2D eigenvalue weighted by atomic mass is 9.85. The van der Waals surface area contributed by atoms with E-state index in [0.717, 1.165) is 17.9 Å². The van der Waals surface area contributed by atoms with Crippen LogP contribution in [0.4, 0.5) is 0 Å². The van der Waals surface area contributed by atoms with Gasteiger partial charge in [-0.1, -0.05) is 25.1 Å². The zero-order valence-electron chi connectivity index (χ0n) is 11.8. The highest BCUT2D eigenvalue weighted by molar-refractivity contribution is 5.39. The summed E-state index contributed by atoms with van der Waals surface area (Å²) in [5, 5.41) is 19.9. The second-order valence-electron chi connectivity index (χ2n) is 5.49. The number of hydrogen-bond donors (Lipinski definition) is 2. The zero-order valence-corrected chi connectivity index (χ0v) is 11.8. The molecule has 1 heterocycles. The lowest BCUT2D eigenvalue weighted by Crippen LogP contribution is -2.58. The Labute approximate surface area is 114 Å². The summed E-state index contributed by atoms with van der Waals surface area (Å²) >= 11 is 0. The largest absolute Gasteiger partial charge is 0.486 e. The fourth-order valence-corrected chi connectivity index (χ4v) is 2.97. The van der Waals surface area contributed by atoms with Crippen LogP contribution in [0.15, 0.2) is 24.3 Å². The Morgan fingerprint density at radius 1 is 1.32 bits per heavy atom. The highest BCUT2D eigenvalue weighted by Crippen LogP contribution is 2.41. The van der Waals surface area contributed by atoms with Crippen molar-refractivity contribution in [3.05, 3.63) is 29.8 Å². The van der Waals surface area contributed by atoms with E-state index in [1.54, 1.807) is 0 Å². The molecule has 0 saturated heterocycles. The number of benzene rings is 1. The maximum absolute atomic E-state index is 10.7. The second kappa shape index (κ2) is 5.49. The number of likely N-dealkylation sites (N-methyl/N-ethyl adjacent to an activating group) is 1. The van der Waals surface area contributed by atoms with Crippen LogP contribution in [0.25, 0.3) is 0 Å². The fraction of sp³-hybridized carbons (Fsp3) is 0.600. The predicted molar refractivity (Wildman–Crippen MR) is 74.2 cm³/mol. The summed E-state index contributed by atoms with van der Waals surface area (Å²) in [6, 6.07) is 7.43. The van der Waals surface area contributed by atoms with Gasteiger partial charge in [-0.2, -0.15) is 0 Å². The minimum absolute atomic E-state index is 0.0782. The maximum atomic E-state index is 10.7. The average Bonchev–Trinajstić information content (AvgIpc) is 2.36. The molecule has 2 unspecified atom stereocenters. The molecule has 4 heteroatoms. The summed E-state index contributed by atoms with van der Waals surface area (Å²) < 4.78 is 6.05. The molecule has 0 aliphatic carbocycles. The van der Waals surface area contributed by atoms with E-state index < -0.39 is 11.7 Å². The van der Waals surface area contributed by atoms with Crippen LogP contribution in [-0.4, -0.2) is 46.5 Å². The van der Waals surface area contributed by atoms with Crippen LogP contribution < -0.4 is 4.74 Å². The van der Waals surface area contributed by atoms with Crippen molar-refractivity contribution in [3.8, 4) is 5.75 Å². The number of hydrogen-bond acceptors (Lipinski definition) is 4. The molecule has 0 amide bonds. The zero-order chi connectivity index (χ0) is 14.0. The van der Waals surface area contributed by atoms with Crippen molar-refractivity contribution in [2.75, 3.05) is 19.7 Å². The van der Waals surface area contributed by atoms with E-state index in [4.69, 9.17) is 4.74 Å². The summed E-state index contributed by atoms with van der Waals surface area (Å²) in [6.07, 6.45) is -0.605. The van der Waals surface area contributed by atoms with Gasteiger partial charge in [0.15, 0.2) is 0 Å². The van der Waals surface area contributed by atoms with E-state index in [9.17, 15) is 10.2 Å². The highest BCUT2D eigenvalue weighted by atomic mass is 16.5. The molecule has 106 valence electrons. The average molecular weight is 265 g/mol. The van der Waals surface area contributed by atoms with E-state index in [2.05, 4.69) is 4.90 Å². The normalized spacial score (nSPS) is 24.9. The van der Waals surface area contributed by atoms with E-state index in [0.29, 0.717) is 6.54 Å². The molecule has 0 radical (unpaired) electrons. The predicted octanol–water partition coefficient (Wildman–Crippen LogP) is 1.57. The molecule has 1 aromatic rings. The Kier molecular flexibility index (Phi) is 4.13. The molecule has 1 aromatic carbocycles. The van der Waals surface area contributed by atoms with Crippen molar-refractivity contribution >= 4 is 0 Å². The van der Waals surface area contributed by atoms with Gasteiger partial charge < -0.3 is 14.9 Å². The maximum Gasteiger partial charge on any atom is 0.126 e. The van der Waals surface area contributed by atoms with Gasteiger partial charge in [0.1, 0.15) is 17.5 Å². The Hall–Kier alpha value is -1.10. The van der Waals surface area contributed by atoms with Crippen LogP contribution >= 0.6 is 0 Å². The number of para-hydroxylation sites is 1. The number of nitrogens with zero attached hydrogens (tertiary/aromatic N) is 1. The molecular formula is C15H23NO3. The molecule has 1 aliphatic rings. The van der Waals surface area contributed by atoms with Gasteiger partial charge in [0.25, 0.3) is 0 Å². The van der Waals surface area contributed by atoms with Gasteiger partial charge in [0.05, 0.1) is 12.6 Å². The third kappa shape index (κ3) is 2.61. The van der Waals surface area contributed by atoms with Crippen molar-refractivity contribution in [3.63, 3.8) is 0 Å². The molecule has 2 N–H and O–H groups in total. The molecule has 0 aromatic heterocycles. The summed E-state index contributed by atoms with van der Waals surface area (Å²) in [6.45, 7) is 7.37. The first-order chi connectivity index (χ1) is 9.01. The molecule has 1 aliphatic heterocycles. The Morgan fingerprint density at radius 3 is 2.63 bits per heavy atom. The quantitative estimate of drug-likeness (QED) is 0.868. The summed E-state index contributed by atoms with van der Waals surface area (Å²) in [5.74, 6) is 0.747. The van der Waals surface area contributed by atoms with E-state index in [1.807, 2.05) is 45.0 Å². The second-order valence-corrected chi connectivity index (χ2v) is 5.49. The van der Waals surface area contributed by atoms with E-state index >= 15 is 0 Å². The lowest BCUT2D eigenvalue weighted by molar-refractivity contribution is -0.0840. The lowest BCUT2D eigenvalue weighted by Gasteiger charge is -2.47. The Balaban J connectivity index is 2.38. The van der Waals surface area contributed by atoms with Crippen molar-refractivity contribution in [2.24, 2.45) is 0 Å². The highest BCUT2D eigenvalue weighted by Gasteiger charge is 2.45. The Morgan fingerprint density at radius 2 is 2.00 bits per heavy atom. The van der Waals surface area contributed by atoms with E-state index in [1.165, 1.54) is 0 Å². The first kappa shape index (κ1) is 14.3. The summed E-state index contributed by atoms with van der Waals surface area (Å²) in [4.78, 5) is 2.07. The smallest absolute Gasteiger partial charge is 0.126 e. The first-order valence-corrected chi connectivity index (χ1v) is 6.82. The number of fused-ring (bicyclic) bond motifs is 1. The standard InChI is InChI=1S/C15H23NO3/c1-4-16(9-10-17)14-13(18)11-7-5-6-8-12(11)19-15(14,2)3/h5-8,13-14,17-18H,4,9-10H2,1-3H3. The molecule has 19 heavy (non-hydrogen) atoms. The van der Waals surface area contributed by atoms with E-state index in [-0.39, 0.29) is 12.6 Å². The number of aliphatic hydroxyl groups is 2. The van der Waals surface area contributed by atoms with Crippen molar-refractivity contribution < 1.29 is 14.9 Å². The van der Waals surface area contributed by atoms with Gasteiger partial charge in [-0.3, -0.25) is 4.90 Å². The van der Waals surface area contributed by atoms with Gasteiger partial charge in [-0.25, -0.2) is 0 Å². The Bertz CT molecular complexity index is 433. The van der Waals surface area contributed by atoms with Crippen LogP contribution in [0.1, 0.15) is 32.4 Å². The van der Waals surface area contributed by atoms with Crippen LogP contribution in [-0.2, 0) is 0 Å². The van der Waals surface area contributed by atoms with Crippen LogP contribution in [0.5, 0.6) is 5.75 Å². The fourth-order valence-electron chi connectivity index (χ4n) is 2.97. The third-order valence-electron chi connectivity index (χ3n) is 3.81. The van der Waals surface area contributed by atoms with Gasteiger partial charge in [0, 0.05) is 12.1 Å². The minimum atomic E-state index is -0.605. The van der Waals surface area contributed by atoms with Crippen molar-refractivity contribution in [1.29, 1.82) is 0 Å². The number of ether oxygens (including phenoxy) is 1. The minimum Gasteiger partial charge on any atom is -0.486 e. The van der Waals surface area contributed by atoms with Gasteiger partial charge in [-0.05, 0) is 26.5 Å². The number of aliphatic hydroxyl groups excluding tert-OH is 2. The van der Waals surface area contributed by atoms with Crippen LogP contribution in [0.2, 0.25) is 0 Å². The molecular weight excluding hydrogens is 242 g/mol.